The van der Waals surface area contributed by atoms with E-state index in [1.54, 1.807) is 49.9 Å². The predicted molar refractivity (Wildman–Crippen MR) is 107 cm³/mol. The SMILES string of the molecule is CC(C)[C@H](NS(=O)(=O)c1ccc2ccccc2c1)C(=O)N=c1sccn1C. The van der Waals surface area contributed by atoms with Crippen LogP contribution in [0.3, 0.4) is 0 Å². The van der Waals surface area contributed by atoms with E-state index >= 15 is 0 Å². The number of rotatable bonds is 5. The summed E-state index contributed by atoms with van der Waals surface area (Å²) < 4.78 is 30.0. The summed E-state index contributed by atoms with van der Waals surface area (Å²) in [6, 6.07) is 11.5. The summed E-state index contributed by atoms with van der Waals surface area (Å²) in [5, 5.41) is 3.59. The molecule has 1 heterocycles. The van der Waals surface area contributed by atoms with Crippen molar-refractivity contribution < 1.29 is 13.2 Å². The first kappa shape index (κ1) is 19.5. The molecule has 0 aliphatic carbocycles. The molecule has 0 saturated carbocycles. The Bertz CT molecular complexity index is 1140. The number of nitrogens with zero attached hydrogens (tertiary/aromatic N) is 2. The molecule has 8 heteroatoms. The van der Waals surface area contributed by atoms with Gasteiger partial charge in [0.15, 0.2) is 4.80 Å². The van der Waals surface area contributed by atoms with Crippen LogP contribution in [0.15, 0.2) is 63.9 Å². The third kappa shape index (κ3) is 4.35. The smallest absolute Gasteiger partial charge is 0.266 e. The third-order valence-corrected chi connectivity index (χ3v) is 6.50. The molecule has 2 aromatic carbocycles. The van der Waals surface area contributed by atoms with Crippen LogP contribution >= 0.6 is 11.3 Å². The summed E-state index contributed by atoms with van der Waals surface area (Å²) in [7, 11) is -2.08. The largest absolute Gasteiger partial charge is 0.327 e. The first-order chi connectivity index (χ1) is 12.8. The van der Waals surface area contributed by atoms with Crippen molar-refractivity contribution in [1.82, 2.24) is 9.29 Å². The molecule has 0 radical (unpaired) electrons. The van der Waals surface area contributed by atoms with E-state index in [-0.39, 0.29) is 10.8 Å². The molecule has 0 saturated heterocycles. The maximum Gasteiger partial charge on any atom is 0.266 e. The van der Waals surface area contributed by atoms with Gasteiger partial charge >= 0.3 is 0 Å². The molecule has 142 valence electrons. The van der Waals surface area contributed by atoms with E-state index in [0.717, 1.165) is 10.8 Å². The zero-order chi connectivity index (χ0) is 19.6. The lowest BCUT2D eigenvalue weighted by Gasteiger charge is -2.19. The third-order valence-electron chi connectivity index (χ3n) is 4.21. The number of thiazole rings is 1. The molecule has 1 amide bonds. The van der Waals surface area contributed by atoms with Gasteiger partial charge in [-0.25, -0.2) is 8.42 Å². The normalized spacial score (nSPS) is 14.0. The minimum absolute atomic E-state index is 0.126. The number of hydrogen-bond acceptors (Lipinski definition) is 4. The molecule has 0 bridgehead atoms. The topological polar surface area (TPSA) is 80.5 Å². The maximum absolute atomic E-state index is 12.9. The Morgan fingerprint density at radius 3 is 2.48 bits per heavy atom. The van der Waals surface area contributed by atoms with Crippen molar-refractivity contribution in [1.29, 1.82) is 0 Å². The van der Waals surface area contributed by atoms with Gasteiger partial charge in [0.05, 0.1) is 4.90 Å². The van der Waals surface area contributed by atoms with Gasteiger partial charge < -0.3 is 4.57 Å². The number of amides is 1. The summed E-state index contributed by atoms with van der Waals surface area (Å²) in [5.74, 6) is -0.755. The van der Waals surface area contributed by atoms with Crippen molar-refractivity contribution in [2.75, 3.05) is 0 Å². The van der Waals surface area contributed by atoms with E-state index in [4.69, 9.17) is 0 Å². The van der Waals surface area contributed by atoms with Crippen molar-refractivity contribution >= 4 is 38.0 Å². The van der Waals surface area contributed by atoms with Crippen LogP contribution in [-0.2, 0) is 21.9 Å². The Balaban J connectivity index is 1.92. The van der Waals surface area contributed by atoms with E-state index in [0.29, 0.717) is 4.80 Å². The second-order valence-corrected chi connectivity index (χ2v) is 9.19. The molecule has 3 rings (SSSR count). The molecule has 0 spiro atoms. The zero-order valence-electron chi connectivity index (χ0n) is 15.3. The molecule has 1 aromatic heterocycles. The summed E-state index contributed by atoms with van der Waals surface area (Å²) >= 11 is 1.32. The van der Waals surface area contributed by atoms with Crippen LogP contribution in [0.1, 0.15) is 13.8 Å². The van der Waals surface area contributed by atoms with Crippen LogP contribution in [0.25, 0.3) is 10.8 Å². The summed E-state index contributed by atoms with van der Waals surface area (Å²) in [5.41, 5.74) is 0. The van der Waals surface area contributed by atoms with Gasteiger partial charge in [0, 0.05) is 18.6 Å². The van der Waals surface area contributed by atoms with Gasteiger partial charge in [-0.2, -0.15) is 9.71 Å². The first-order valence-corrected chi connectivity index (χ1v) is 10.8. The maximum atomic E-state index is 12.9. The lowest BCUT2D eigenvalue weighted by Crippen LogP contribution is -2.44. The highest BCUT2D eigenvalue weighted by atomic mass is 32.2. The molecule has 0 unspecified atom stereocenters. The molecule has 1 atom stereocenters. The molecule has 1 N–H and O–H groups in total. The number of nitrogens with one attached hydrogen (secondary N) is 1. The fourth-order valence-corrected chi connectivity index (χ4v) is 4.75. The number of hydrogen-bond donors (Lipinski definition) is 1. The summed E-state index contributed by atoms with van der Waals surface area (Å²) in [4.78, 5) is 17.4. The Hall–Kier alpha value is -2.29. The quantitative estimate of drug-likeness (QED) is 0.711. The first-order valence-electron chi connectivity index (χ1n) is 8.48. The Morgan fingerprint density at radius 1 is 1.15 bits per heavy atom. The van der Waals surface area contributed by atoms with Gasteiger partial charge in [0.25, 0.3) is 5.91 Å². The monoisotopic (exact) mass is 403 g/mol. The molecule has 0 aliphatic heterocycles. The second kappa shape index (κ2) is 7.75. The van der Waals surface area contributed by atoms with Crippen LogP contribution in [-0.4, -0.2) is 24.9 Å². The molecule has 27 heavy (non-hydrogen) atoms. The summed E-state index contributed by atoms with van der Waals surface area (Å²) in [6.45, 7) is 3.57. The van der Waals surface area contributed by atoms with Gasteiger partial charge in [-0.1, -0.05) is 44.2 Å². The van der Waals surface area contributed by atoms with E-state index in [1.165, 1.54) is 11.3 Å². The Kier molecular flexibility index (Phi) is 5.59. The Morgan fingerprint density at radius 2 is 1.85 bits per heavy atom. The fourth-order valence-electron chi connectivity index (χ4n) is 2.64. The van der Waals surface area contributed by atoms with E-state index < -0.39 is 22.0 Å². The lowest BCUT2D eigenvalue weighted by atomic mass is 10.1. The van der Waals surface area contributed by atoms with E-state index in [2.05, 4.69) is 9.71 Å². The number of benzene rings is 2. The number of aromatic nitrogens is 1. The number of sulfonamides is 1. The molecular formula is C19H21N3O3S2. The number of carbonyl (C=O) groups is 1. The van der Waals surface area contributed by atoms with Crippen LogP contribution in [0.2, 0.25) is 0 Å². The highest BCUT2D eigenvalue weighted by Crippen LogP contribution is 2.20. The lowest BCUT2D eigenvalue weighted by molar-refractivity contribution is -0.120. The van der Waals surface area contributed by atoms with Crippen molar-refractivity contribution in [2.45, 2.75) is 24.8 Å². The van der Waals surface area contributed by atoms with Gasteiger partial charge in [0.1, 0.15) is 6.04 Å². The van der Waals surface area contributed by atoms with Gasteiger partial charge in [-0.05, 0) is 28.8 Å². The highest BCUT2D eigenvalue weighted by Gasteiger charge is 2.28. The van der Waals surface area contributed by atoms with Gasteiger partial charge in [-0.3, -0.25) is 4.79 Å². The number of aryl methyl sites for hydroxylation is 1. The fraction of sp³-hybridized carbons (Fsp3) is 0.263. The van der Waals surface area contributed by atoms with Crippen LogP contribution in [0.5, 0.6) is 0 Å². The highest BCUT2D eigenvalue weighted by molar-refractivity contribution is 7.89. The van der Waals surface area contributed by atoms with Crippen LogP contribution in [0, 0.1) is 5.92 Å². The zero-order valence-corrected chi connectivity index (χ0v) is 16.9. The predicted octanol–water partition coefficient (Wildman–Crippen LogP) is 2.67. The van der Waals surface area contributed by atoms with E-state index in [1.807, 2.05) is 29.6 Å². The minimum atomic E-state index is -3.86. The molecular weight excluding hydrogens is 382 g/mol. The van der Waals surface area contributed by atoms with Gasteiger partial charge in [-0.15, -0.1) is 11.3 Å². The standard InChI is InChI=1S/C19H21N3O3S2/c1-13(2)17(18(23)20-19-22(3)10-11-26-19)21-27(24,25)16-9-8-14-6-4-5-7-15(14)12-16/h4-13,17,21H,1-3H3/t17-/m0/s1. The van der Waals surface area contributed by atoms with Crippen LogP contribution < -0.4 is 9.52 Å². The molecule has 6 nitrogen and oxygen atoms in total. The van der Waals surface area contributed by atoms with Crippen molar-refractivity contribution in [3.05, 3.63) is 58.8 Å². The number of fused-ring (bicyclic) bond motifs is 1. The van der Waals surface area contributed by atoms with Crippen LogP contribution in [0.4, 0.5) is 0 Å². The van der Waals surface area contributed by atoms with Crippen molar-refractivity contribution in [3.63, 3.8) is 0 Å². The number of carbonyl (C=O) groups excluding carboxylic acids is 1. The second-order valence-electron chi connectivity index (χ2n) is 6.60. The molecule has 3 aromatic rings. The van der Waals surface area contributed by atoms with Gasteiger partial charge in [0.2, 0.25) is 10.0 Å². The minimum Gasteiger partial charge on any atom is -0.327 e. The average Bonchev–Trinajstić information content (AvgIpc) is 3.03. The van der Waals surface area contributed by atoms with Crippen molar-refractivity contribution in [3.8, 4) is 0 Å². The van der Waals surface area contributed by atoms with Crippen molar-refractivity contribution in [2.24, 2.45) is 18.0 Å². The van der Waals surface area contributed by atoms with E-state index in [9.17, 15) is 13.2 Å². The average molecular weight is 404 g/mol. The molecule has 0 aliphatic rings. The summed E-state index contributed by atoms with van der Waals surface area (Å²) in [6.07, 6.45) is 1.79. The molecule has 0 fully saturated rings. The Labute approximate surface area is 162 Å².